The Labute approximate surface area is 114 Å². The van der Waals surface area contributed by atoms with Gasteiger partial charge in [0.2, 0.25) is 0 Å². The van der Waals surface area contributed by atoms with Crippen molar-refractivity contribution in [3.8, 4) is 5.75 Å². The molecule has 0 bridgehead atoms. The molecule has 0 aliphatic heterocycles. The summed E-state index contributed by atoms with van der Waals surface area (Å²) in [6, 6.07) is 4.37. The third kappa shape index (κ3) is 4.29. The second-order valence-electron chi connectivity index (χ2n) is 3.81. The van der Waals surface area contributed by atoms with Gasteiger partial charge in [-0.1, -0.05) is 0 Å². The molecule has 0 atom stereocenters. The fourth-order valence-corrected chi connectivity index (χ4v) is 1.13. The van der Waals surface area contributed by atoms with Crippen molar-refractivity contribution >= 4 is 17.5 Å². The molecule has 116 valence electrons. The molecule has 0 saturated heterocycles. The van der Waals surface area contributed by atoms with Gasteiger partial charge in [-0.2, -0.15) is 22.0 Å². The van der Waals surface area contributed by atoms with Crippen LogP contribution in [0.4, 0.5) is 27.6 Å². The van der Waals surface area contributed by atoms with Crippen LogP contribution < -0.4 is 15.8 Å². The first kappa shape index (κ1) is 16.7. The number of nitrogens with one attached hydrogen (secondary N) is 1. The van der Waals surface area contributed by atoms with Crippen molar-refractivity contribution in [2.24, 2.45) is 5.73 Å². The molecule has 0 spiro atoms. The second kappa shape index (κ2) is 5.94. The maximum Gasteiger partial charge on any atom is 0.463 e. The Hall–Kier alpha value is -2.39. The van der Waals surface area contributed by atoms with Crippen LogP contribution in [0.2, 0.25) is 0 Å². The Kier molecular flexibility index (Phi) is 4.71. The SMILES string of the molecule is NC(=O)COc1ccc(NC(=O)C(F)(F)C(F)(F)F)cc1. The highest BCUT2D eigenvalue weighted by atomic mass is 19.4. The van der Waals surface area contributed by atoms with Gasteiger partial charge in [0, 0.05) is 5.69 Å². The Balaban J connectivity index is 2.72. The summed E-state index contributed by atoms with van der Waals surface area (Å²) < 4.78 is 66.1. The van der Waals surface area contributed by atoms with E-state index in [0.717, 1.165) is 24.3 Å². The normalized spacial score (nSPS) is 11.9. The third-order valence-corrected chi connectivity index (χ3v) is 2.13. The van der Waals surface area contributed by atoms with Crippen LogP contribution in [0, 0.1) is 0 Å². The smallest absolute Gasteiger partial charge is 0.463 e. The van der Waals surface area contributed by atoms with E-state index in [1.165, 1.54) is 5.32 Å². The molecule has 0 saturated carbocycles. The number of carbonyl (C=O) groups excluding carboxylic acids is 2. The van der Waals surface area contributed by atoms with Crippen molar-refractivity contribution in [2.75, 3.05) is 11.9 Å². The molecule has 0 aromatic heterocycles. The number of rotatable bonds is 5. The van der Waals surface area contributed by atoms with Crippen molar-refractivity contribution in [2.45, 2.75) is 12.1 Å². The molecular weight excluding hydrogens is 303 g/mol. The van der Waals surface area contributed by atoms with Crippen molar-refractivity contribution in [1.29, 1.82) is 0 Å². The van der Waals surface area contributed by atoms with Gasteiger partial charge >= 0.3 is 18.0 Å². The number of primary amides is 1. The predicted molar refractivity (Wildman–Crippen MR) is 60.8 cm³/mol. The van der Waals surface area contributed by atoms with Crippen LogP contribution in [-0.4, -0.2) is 30.5 Å². The van der Waals surface area contributed by atoms with Crippen LogP contribution in [0.5, 0.6) is 5.75 Å². The zero-order valence-electron chi connectivity index (χ0n) is 10.2. The molecule has 1 aromatic rings. The molecule has 10 heteroatoms. The average molecular weight is 312 g/mol. The fourth-order valence-electron chi connectivity index (χ4n) is 1.13. The number of benzene rings is 1. The molecule has 0 fully saturated rings. The van der Waals surface area contributed by atoms with E-state index in [-0.39, 0.29) is 11.4 Å². The van der Waals surface area contributed by atoms with Gasteiger partial charge in [-0.05, 0) is 24.3 Å². The summed E-state index contributed by atoms with van der Waals surface area (Å²) >= 11 is 0. The number of nitrogens with two attached hydrogens (primary N) is 1. The van der Waals surface area contributed by atoms with Gasteiger partial charge in [-0.25, -0.2) is 0 Å². The molecule has 3 N–H and O–H groups in total. The van der Waals surface area contributed by atoms with E-state index in [1.54, 1.807) is 0 Å². The number of hydrogen-bond acceptors (Lipinski definition) is 3. The van der Waals surface area contributed by atoms with Crippen molar-refractivity contribution in [3.63, 3.8) is 0 Å². The summed E-state index contributed by atoms with van der Waals surface area (Å²) in [5.74, 6) is -8.64. The molecule has 5 nitrogen and oxygen atoms in total. The lowest BCUT2D eigenvalue weighted by molar-refractivity contribution is -0.267. The number of hydrogen-bond donors (Lipinski definition) is 2. The first-order valence-corrected chi connectivity index (χ1v) is 5.31. The number of anilines is 1. The van der Waals surface area contributed by atoms with E-state index in [1.807, 2.05) is 0 Å². The molecule has 2 amide bonds. The highest BCUT2D eigenvalue weighted by Gasteiger charge is 2.63. The lowest BCUT2D eigenvalue weighted by Crippen LogP contribution is -2.47. The summed E-state index contributed by atoms with van der Waals surface area (Å²) in [6.45, 7) is -0.433. The van der Waals surface area contributed by atoms with Gasteiger partial charge in [0.1, 0.15) is 5.75 Å². The van der Waals surface area contributed by atoms with Crippen LogP contribution in [0.25, 0.3) is 0 Å². The maximum absolute atomic E-state index is 12.7. The van der Waals surface area contributed by atoms with E-state index >= 15 is 0 Å². The number of carbonyl (C=O) groups is 2. The van der Waals surface area contributed by atoms with E-state index in [9.17, 15) is 31.5 Å². The minimum absolute atomic E-state index is 0.120. The monoisotopic (exact) mass is 312 g/mol. The van der Waals surface area contributed by atoms with E-state index < -0.39 is 30.5 Å². The Morgan fingerprint density at radius 2 is 1.62 bits per heavy atom. The summed E-state index contributed by atoms with van der Waals surface area (Å²) in [6.07, 6.45) is -5.98. The lowest BCUT2D eigenvalue weighted by Gasteiger charge is -2.18. The maximum atomic E-state index is 12.7. The quantitative estimate of drug-likeness (QED) is 0.812. The summed E-state index contributed by atoms with van der Waals surface area (Å²) in [5.41, 5.74) is 4.52. The molecule has 1 rings (SSSR count). The third-order valence-electron chi connectivity index (χ3n) is 2.13. The topological polar surface area (TPSA) is 81.4 Å². The zero-order valence-corrected chi connectivity index (χ0v) is 10.2. The number of alkyl halides is 5. The molecule has 21 heavy (non-hydrogen) atoms. The fraction of sp³-hybridized carbons (Fsp3) is 0.273. The average Bonchev–Trinajstić information content (AvgIpc) is 2.36. The van der Waals surface area contributed by atoms with Gasteiger partial charge < -0.3 is 15.8 Å². The zero-order chi connectivity index (χ0) is 16.3. The van der Waals surface area contributed by atoms with Crippen LogP contribution in [0.3, 0.4) is 0 Å². The van der Waals surface area contributed by atoms with Crippen LogP contribution >= 0.6 is 0 Å². The lowest BCUT2D eigenvalue weighted by atomic mass is 10.2. The van der Waals surface area contributed by atoms with Crippen LogP contribution in [-0.2, 0) is 9.59 Å². The van der Waals surface area contributed by atoms with E-state index in [2.05, 4.69) is 0 Å². The molecule has 1 aromatic carbocycles. The van der Waals surface area contributed by atoms with Crippen molar-refractivity contribution < 1.29 is 36.3 Å². The van der Waals surface area contributed by atoms with Crippen molar-refractivity contribution in [1.82, 2.24) is 0 Å². The minimum Gasteiger partial charge on any atom is -0.484 e. The molecule has 0 heterocycles. The minimum atomic E-state index is -5.98. The molecule has 0 unspecified atom stereocenters. The summed E-state index contributed by atoms with van der Waals surface area (Å²) in [7, 11) is 0. The van der Waals surface area contributed by atoms with Gasteiger partial charge in [-0.3, -0.25) is 9.59 Å². The number of halogens is 5. The Bertz CT molecular complexity index is 528. The van der Waals surface area contributed by atoms with Crippen molar-refractivity contribution in [3.05, 3.63) is 24.3 Å². The van der Waals surface area contributed by atoms with Gasteiger partial charge in [0.25, 0.3) is 5.91 Å². The summed E-state index contributed by atoms with van der Waals surface area (Å²) in [4.78, 5) is 21.3. The number of amides is 2. The largest absolute Gasteiger partial charge is 0.484 e. The van der Waals surface area contributed by atoms with Gasteiger partial charge in [0.05, 0.1) is 0 Å². The first-order valence-electron chi connectivity index (χ1n) is 5.31. The Morgan fingerprint density at radius 1 is 1.10 bits per heavy atom. The van der Waals surface area contributed by atoms with Crippen LogP contribution in [0.15, 0.2) is 24.3 Å². The molecule has 0 radical (unpaired) electrons. The first-order chi connectivity index (χ1) is 9.54. The summed E-state index contributed by atoms with van der Waals surface area (Å²) in [5, 5.41) is 1.42. The Morgan fingerprint density at radius 3 is 2.05 bits per heavy atom. The highest BCUT2D eigenvalue weighted by molar-refractivity contribution is 5.96. The molecule has 0 aliphatic carbocycles. The van der Waals surface area contributed by atoms with E-state index in [4.69, 9.17) is 10.5 Å². The molecule has 0 aliphatic rings. The van der Waals surface area contributed by atoms with Gasteiger partial charge in [0.15, 0.2) is 6.61 Å². The highest BCUT2D eigenvalue weighted by Crippen LogP contribution is 2.36. The predicted octanol–water partition coefficient (Wildman–Crippen LogP) is 1.69. The van der Waals surface area contributed by atoms with Crippen LogP contribution in [0.1, 0.15) is 0 Å². The standard InChI is InChI=1S/C11H9F5N2O3/c12-10(13,11(14,15)16)9(20)18-6-1-3-7(4-2-6)21-5-8(17)19/h1-4H,5H2,(H2,17,19)(H,18,20). The molecular formula is C11H9F5N2O3. The van der Waals surface area contributed by atoms with Gasteiger partial charge in [-0.15, -0.1) is 0 Å². The van der Waals surface area contributed by atoms with E-state index in [0.29, 0.717) is 0 Å². The number of ether oxygens (including phenoxy) is 1. The second-order valence-corrected chi connectivity index (χ2v) is 3.81.